The maximum atomic E-state index is 12.5. The molecular weight excluding hydrogens is 249 g/mol. The van der Waals surface area contributed by atoms with Crippen LogP contribution in [0.4, 0.5) is 19.0 Å². The van der Waals surface area contributed by atoms with Gasteiger partial charge in [0.05, 0.1) is 0 Å². The van der Waals surface area contributed by atoms with Gasteiger partial charge in [-0.25, -0.2) is 9.78 Å². The molecule has 0 aromatic carbocycles. The highest BCUT2D eigenvalue weighted by Gasteiger charge is 2.34. The van der Waals surface area contributed by atoms with E-state index in [2.05, 4.69) is 10.3 Å². The Labute approximate surface area is 102 Å². The first-order valence-electron chi connectivity index (χ1n) is 5.10. The molecule has 0 unspecified atom stereocenters. The number of nitrogens with one attached hydrogen (secondary N) is 1. The van der Waals surface area contributed by atoms with Crippen LogP contribution in [0.3, 0.4) is 0 Å². The normalized spacial score (nSPS) is 12.3. The molecule has 0 spiro atoms. The minimum Gasteiger partial charge on any atom is -0.478 e. The number of pyridine rings is 1. The Balaban J connectivity index is 3.29. The average molecular weight is 262 g/mol. The predicted molar refractivity (Wildman–Crippen MR) is 59.6 cm³/mol. The van der Waals surface area contributed by atoms with E-state index in [0.717, 1.165) is 6.07 Å². The van der Waals surface area contributed by atoms with Gasteiger partial charge in [-0.2, -0.15) is 13.2 Å². The van der Waals surface area contributed by atoms with Crippen LogP contribution >= 0.6 is 0 Å². The van der Waals surface area contributed by atoms with Crippen molar-refractivity contribution in [3.05, 3.63) is 23.4 Å². The van der Waals surface area contributed by atoms with Crippen LogP contribution in [-0.4, -0.2) is 21.6 Å². The summed E-state index contributed by atoms with van der Waals surface area (Å²) in [6.45, 7) is 5.09. The number of nitrogens with zero attached hydrogens (tertiary/aromatic N) is 1. The summed E-state index contributed by atoms with van der Waals surface area (Å²) < 4.78 is 37.5. The highest BCUT2D eigenvalue weighted by Crippen LogP contribution is 2.30. The second-order valence-corrected chi connectivity index (χ2v) is 4.77. The molecule has 0 radical (unpaired) electrons. The average Bonchev–Trinajstić information content (AvgIpc) is 2.12. The molecule has 18 heavy (non-hydrogen) atoms. The Morgan fingerprint density at radius 2 is 1.83 bits per heavy atom. The number of hydrogen-bond acceptors (Lipinski definition) is 3. The summed E-state index contributed by atoms with van der Waals surface area (Å²) in [6.07, 6.45) is -4.61. The Hall–Kier alpha value is -1.79. The van der Waals surface area contributed by atoms with Crippen molar-refractivity contribution in [1.82, 2.24) is 4.98 Å². The van der Waals surface area contributed by atoms with E-state index in [-0.39, 0.29) is 11.4 Å². The van der Waals surface area contributed by atoms with E-state index in [0.29, 0.717) is 6.07 Å². The Morgan fingerprint density at radius 1 is 1.28 bits per heavy atom. The van der Waals surface area contributed by atoms with Gasteiger partial charge in [-0.3, -0.25) is 0 Å². The van der Waals surface area contributed by atoms with Crippen LogP contribution in [0.1, 0.15) is 36.8 Å². The van der Waals surface area contributed by atoms with Crippen LogP contribution in [0.25, 0.3) is 0 Å². The molecule has 1 rings (SSSR count). The molecule has 0 aliphatic carbocycles. The first kappa shape index (κ1) is 14.3. The van der Waals surface area contributed by atoms with Crippen molar-refractivity contribution in [3.8, 4) is 0 Å². The summed E-state index contributed by atoms with van der Waals surface area (Å²) in [5, 5.41) is 11.5. The fourth-order valence-corrected chi connectivity index (χ4v) is 1.24. The van der Waals surface area contributed by atoms with E-state index in [1.54, 1.807) is 20.8 Å². The van der Waals surface area contributed by atoms with Gasteiger partial charge in [0.15, 0.2) is 0 Å². The molecule has 0 aliphatic rings. The first-order chi connectivity index (χ1) is 8.00. The van der Waals surface area contributed by atoms with E-state index in [4.69, 9.17) is 5.11 Å². The predicted octanol–water partition coefficient (Wildman–Crippen LogP) is 3.01. The molecule has 7 heteroatoms. The lowest BCUT2D eigenvalue weighted by atomic mass is 10.1. The number of aromatic carboxylic acids is 1. The van der Waals surface area contributed by atoms with Gasteiger partial charge in [-0.15, -0.1) is 0 Å². The Kier molecular flexibility index (Phi) is 3.54. The zero-order valence-corrected chi connectivity index (χ0v) is 10.1. The molecule has 0 aliphatic heterocycles. The van der Waals surface area contributed by atoms with Crippen molar-refractivity contribution in [2.45, 2.75) is 32.5 Å². The lowest BCUT2D eigenvalue weighted by molar-refractivity contribution is -0.141. The number of aromatic nitrogens is 1. The van der Waals surface area contributed by atoms with Crippen LogP contribution in [0.2, 0.25) is 0 Å². The fraction of sp³-hybridized carbons (Fsp3) is 0.455. The van der Waals surface area contributed by atoms with Crippen molar-refractivity contribution in [2.24, 2.45) is 0 Å². The molecule has 1 aromatic heterocycles. The summed E-state index contributed by atoms with van der Waals surface area (Å²) >= 11 is 0. The van der Waals surface area contributed by atoms with E-state index in [1.807, 2.05) is 0 Å². The summed E-state index contributed by atoms with van der Waals surface area (Å²) in [5.41, 5.74) is -2.02. The van der Waals surface area contributed by atoms with Crippen LogP contribution in [0.15, 0.2) is 12.1 Å². The first-order valence-corrected chi connectivity index (χ1v) is 5.10. The minimum absolute atomic E-state index is 0.287. The van der Waals surface area contributed by atoms with Crippen molar-refractivity contribution < 1.29 is 23.1 Å². The number of carboxylic acids is 1. The largest absolute Gasteiger partial charge is 0.478 e. The monoisotopic (exact) mass is 262 g/mol. The zero-order chi connectivity index (χ0) is 14.1. The maximum absolute atomic E-state index is 12.5. The standard InChI is InChI=1S/C11H13F3N2O2/c1-10(2,3)16-8-6(9(17)18)4-5-7(15-8)11(12,13)14/h4-5H,1-3H3,(H,15,16)(H,17,18). The van der Waals surface area contributed by atoms with Crippen molar-refractivity contribution in [1.29, 1.82) is 0 Å². The van der Waals surface area contributed by atoms with Gasteiger partial charge >= 0.3 is 12.1 Å². The van der Waals surface area contributed by atoms with Crippen LogP contribution in [0, 0.1) is 0 Å². The van der Waals surface area contributed by atoms with Crippen LogP contribution in [0.5, 0.6) is 0 Å². The van der Waals surface area contributed by atoms with E-state index >= 15 is 0 Å². The highest BCUT2D eigenvalue weighted by atomic mass is 19.4. The molecule has 4 nitrogen and oxygen atoms in total. The zero-order valence-electron chi connectivity index (χ0n) is 10.1. The molecule has 0 amide bonds. The number of halogens is 3. The van der Waals surface area contributed by atoms with Crippen LogP contribution in [-0.2, 0) is 6.18 Å². The Bertz CT molecular complexity index is 464. The second-order valence-electron chi connectivity index (χ2n) is 4.77. The molecule has 0 saturated carbocycles. The summed E-state index contributed by atoms with van der Waals surface area (Å²) in [7, 11) is 0. The van der Waals surface area contributed by atoms with Crippen molar-refractivity contribution in [2.75, 3.05) is 5.32 Å². The minimum atomic E-state index is -4.61. The molecular formula is C11H13F3N2O2. The number of carbonyl (C=O) groups is 1. The van der Waals surface area contributed by atoms with Crippen molar-refractivity contribution in [3.63, 3.8) is 0 Å². The third kappa shape index (κ3) is 3.61. The van der Waals surface area contributed by atoms with Gasteiger partial charge in [0.1, 0.15) is 17.1 Å². The molecule has 0 atom stereocenters. The molecule has 1 heterocycles. The van der Waals surface area contributed by atoms with Gasteiger partial charge < -0.3 is 10.4 Å². The number of alkyl halides is 3. The lowest BCUT2D eigenvalue weighted by Crippen LogP contribution is -2.28. The second kappa shape index (κ2) is 4.47. The SMILES string of the molecule is CC(C)(C)Nc1nc(C(F)(F)F)ccc1C(=O)O. The number of hydrogen-bond donors (Lipinski definition) is 2. The third-order valence-electron chi connectivity index (χ3n) is 1.91. The summed E-state index contributed by atoms with van der Waals surface area (Å²) in [5.74, 6) is -1.62. The molecule has 2 N–H and O–H groups in total. The summed E-state index contributed by atoms with van der Waals surface area (Å²) in [6, 6.07) is 1.55. The van der Waals surface area contributed by atoms with Gasteiger partial charge in [-0.1, -0.05) is 0 Å². The van der Waals surface area contributed by atoms with Gasteiger partial charge in [0, 0.05) is 5.54 Å². The maximum Gasteiger partial charge on any atom is 0.433 e. The molecule has 0 saturated heterocycles. The molecule has 0 fully saturated rings. The quantitative estimate of drug-likeness (QED) is 0.860. The van der Waals surface area contributed by atoms with E-state index in [9.17, 15) is 18.0 Å². The third-order valence-corrected chi connectivity index (χ3v) is 1.91. The smallest absolute Gasteiger partial charge is 0.433 e. The van der Waals surface area contributed by atoms with E-state index < -0.39 is 23.4 Å². The number of anilines is 1. The van der Waals surface area contributed by atoms with Gasteiger partial charge in [0.2, 0.25) is 0 Å². The molecule has 100 valence electrons. The van der Waals surface area contributed by atoms with Gasteiger partial charge in [-0.05, 0) is 32.9 Å². The molecule has 1 aromatic rings. The molecule has 0 bridgehead atoms. The van der Waals surface area contributed by atoms with Gasteiger partial charge in [0.25, 0.3) is 0 Å². The Morgan fingerprint density at radius 3 is 2.22 bits per heavy atom. The summed E-state index contributed by atoms with van der Waals surface area (Å²) in [4.78, 5) is 14.2. The lowest BCUT2D eigenvalue weighted by Gasteiger charge is -2.23. The van der Waals surface area contributed by atoms with Crippen LogP contribution < -0.4 is 5.32 Å². The topological polar surface area (TPSA) is 62.2 Å². The fourth-order valence-electron chi connectivity index (χ4n) is 1.24. The van der Waals surface area contributed by atoms with E-state index in [1.165, 1.54) is 0 Å². The number of carboxylic acid groups (broad SMARTS) is 1. The number of rotatable bonds is 2. The highest BCUT2D eigenvalue weighted by molar-refractivity contribution is 5.93. The van der Waals surface area contributed by atoms with Crippen molar-refractivity contribution >= 4 is 11.8 Å².